The molecule has 0 aliphatic rings. The van der Waals surface area contributed by atoms with E-state index in [4.69, 9.17) is 14.2 Å². The van der Waals surface area contributed by atoms with E-state index in [1.165, 1.54) is 154 Å². The van der Waals surface area contributed by atoms with Crippen LogP contribution in [0.15, 0.2) is 0 Å². The fraction of sp³-hybridized carbons (Fsp3) is 0.935. The van der Waals surface area contributed by atoms with Crippen molar-refractivity contribution in [3.63, 3.8) is 0 Å². The molecule has 0 heterocycles. The van der Waals surface area contributed by atoms with Crippen LogP contribution in [0.5, 0.6) is 0 Å². The van der Waals surface area contributed by atoms with Gasteiger partial charge in [-0.05, 0) is 19.3 Å². The maximum absolute atomic E-state index is 12.7. The van der Waals surface area contributed by atoms with E-state index >= 15 is 0 Å². The molecule has 0 N–H and O–H groups in total. The zero-order valence-corrected chi connectivity index (χ0v) is 35.1. The minimum atomic E-state index is -0.756. The summed E-state index contributed by atoms with van der Waals surface area (Å²) in [4.78, 5) is 37.4. The highest BCUT2D eigenvalue weighted by Crippen LogP contribution is 2.16. The van der Waals surface area contributed by atoms with Crippen LogP contribution in [-0.2, 0) is 28.6 Å². The van der Waals surface area contributed by atoms with E-state index in [-0.39, 0.29) is 31.1 Å². The highest BCUT2D eigenvalue weighted by atomic mass is 16.6. The third-order valence-electron chi connectivity index (χ3n) is 10.4. The van der Waals surface area contributed by atoms with Gasteiger partial charge in [-0.25, -0.2) is 0 Å². The van der Waals surface area contributed by atoms with Crippen LogP contribution in [0.3, 0.4) is 0 Å². The molecule has 6 heteroatoms. The van der Waals surface area contributed by atoms with Crippen LogP contribution in [-0.4, -0.2) is 37.2 Å². The van der Waals surface area contributed by atoms with Gasteiger partial charge in [-0.1, -0.05) is 220 Å². The summed E-state index contributed by atoms with van der Waals surface area (Å²) in [5.41, 5.74) is 0. The maximum Gasteiger partial charge on any atom is 0.306 e. The number of ether oxygens (including phenoxy) is 3. The molecule has 0 aliphatic heterocycles. The molecular weight excluding hydrogens is 648 g/mol. The Kier molecular flexibility index (Phi) is 40.9. The molecule has 0 unspecified atom stereocenters. The van der Waals surface area contributed by atoms with Crippen LogP contribution < -0.4 is 0 Å². The standard InChI is InChI=1S/C46H88O6/c1-4-7-10-13-15-17-19-20-21-22-23-24-25-26-27-29-31-34-37-40-46(49)52-43(41-50-44(47)38-35-32-12-9-6-3)42-51-45(48)39-36-33-30-28-18-16-14-11-8-5-2/h43H,4-42H2,1-3H3/t43-/m1/s1. The predicted octanol–water partition coefficient (Wildman–Crippen LogP) is 14.5. The van der Waals surface area contributed by atoms with Crippen LogP contribution in [0.25, 0.3) is 0 Å². The van der Waals surface area contributed by atoms with Crippen molar-refractivity contribution in [2.45, 2.75) is 264 Å². The number of hydrogen-bond donors (Lipinski definition) is 0. The second-order valence-electron chi connectivity index (χ2n) is 15.7. The molecule has 6 nitrogen and oxygen atoms in total. The summed E-state index contributed by atoms with van der Waals surface area (Å²) >= 11 is 0. The van der Waals surface area contributed by atoms with Gasteiger partial charge in [0.2, 0.25) is 0 Å². The van der Waals surface area contributed by atoms with Gasteiger partial charge in [-0.3, -0.25) is 14.4 Å². The Morgan fingerprint density at radius 1 is 0.308 bits per heavy atom. The van der Waals surface area contributed by atoms with Crippen LogP contribution in [0, 0.1) is 0 Å². The van der Waals surface area contributed by atoms with Crippen LogP contribution in [0.4, 0.5) is 0 Å². The third-order valence-corrected chi connectivity index (χ3v) is 10.4. The average Bonchev–Trinajstić information content (AvgIpc) is 3.14. The molecule has 0 aromatic carbocycles. The Hall–Kier alpha value is -1.59. The van der Waals surface area contributed by atoms with Crippen molar-refractivity contribution < 1.29 is 28.6 Å². The molecule has 52 heavy (non-hydrogen) atoms. The molecule has 0 fully saturated rings. The minimum Gasteiger partial charge on any atom is -0.462 e. The lowest BCUT2D eigenvalue weighted by atomic mass is 10.0. The molecule has 0 aliphatic carbocycles. The van der Waals surface area contributed by atoms with Crippen molar-refractivity contribution in [2.75, 3.05) is 13.2 Å². The first-order chi connectivity index (χ1) is 25.5. The largest absolute Gasteiger partial charge is 0.462 e. The average molecular weight is 737 g/mol. The number of carbonyl (C=O) groups is 3. The number of esters is 3. The maximum atomic E-state index is 12.7. The summed E-state index contributed by atoms with van der Waals surface area (Å²) in [5.74, 6) is -0.868. The topological polar surface area (TPSA) is 78.9 Å². The van der Waals surface area contributed by atoms with Gasteiger partial charge in [-0.2, -0.15) is 0 Å². The van der Waals surface area contributed by atoms with Crippen molar-refractivity contribution in [1.82, 2.24) is 0 Å². The normalized spacial score (nSPS) is 11.8. The summed E-state index contributed by atoms with van der Waals surface area (Å²) in [6, 6.07) is 0. The first kappa shape index (κ1) is 50.4. The molecule has 0 amide bonds. The van der Waals surface area contributed by atoms with Crippen molar-refractivity contribution in [2.24, 2.45) is 0 Å². The van der Waals surface area contributed by atoms with E-state index in [0.29, 0.717) is 19.3 Å². The molecule has 0 aromatic heterocycles. The highest BCUT2D eigenvalue weighted by Gasteiger charge is 2.19. The van der Waals surface area contributed by atoms with Gasteiger partial charge < -0.3 is 14.2 Å². The van der Waals surface area contributed by atoms with Crippen molar-refractivity contribution in [3.8, 4) is 0 Å². The second-order valence-corrected chi connectivity index (χ2v) is 15.7. The number of carbonyl (C=O) groups excluding carboxylic acids is 3. The SMILES string of the molecule is CCCCCCCCCCCCCCCCCCCCCC(=O)O[C@H](COC(=O)CCCCCCC)COC(=O)CCCCCCCCCCCC. The van der Waals surface area contributed by atoms with E-state index in [2.05, 4.69) is 20.8 Å². The smallest absolute Gasteiger partial charge is 0.306 e. The summed E-state index contributed by atoms with van der Waals surface area (Å²) < 4.78 is 16.6. The molecule has 0 rings (SSSR count). The Bertz CT molecular complexity index is 768. The Labute approximate surface area is 323 Å². The Morgan fingerprint density at radius 2 is 0.519 bits per heavy atom. The van der Waals surface area contributed by atoms with Gasteiger partial charge >= 0.3 is 17.9 Å². The van der Waals surface area contributed by atoms with Crippen molar-refractivity contribution >= 4 is 17.9 Å². The molecule has 1 atom stereocenters. The lowest BCUT2D eigenvalue weighted by molar-refractivity contribution is -0.167. The van der Waals surface area contributed by atoms with Crippen molar-refractivity contribution in [1.29, 1.82) is 0 Å². The van der Waals surface area contributed by atoms with Gasteiger partial charge in [0.25, 0.3) is 0 Å². The van der Waals surface area contributed by atoms with Gasteiger partial charge in [0.1, 0.15) is 13.2 Å². The molecular formula is C46H88O6. The molecule has 308 valence electrons. The van der Waals surface area contributed by atoms with Gasteiger partial charge in [0.05, 0.1) is 0 Å². The molecule has 0 aromatic rings. The van der Waals surface area contributed by atoms with E-state index in [0.717, 1.165) is 64.2 Å². The van der Waals surface area contributed by atoms with E-state index in [9.17, 15) is 14.4 Å². The minimum absolute atomic E-state index is 0.0642. The lowest BCUT2D eigenvalue weighted by Gasteiger charge is -2.18. The molecule has 0 saturated heterocycles. The van der Waals surface area contributed by atoms with E-state index < -0.39 is 6.10 Å². The zero-order valence-electron chi connectivity index (χ0n) is 35.1. The van der Waals surface area contributed by atoms with Crippen LogP contribution in [0.2, 0.25) is 0 Å². The monoisotopic (exact) mass is 737 g/mol. The quantitative estimate of drug-likeness (QED) is 0.0353. The fourth-order valence-corrected chi connectivity index (χ4v) is 6.85. The summed E-state index contributed by atoms with van der Waals surface area (Å²) in [6.07, 6.45) is 42.6. The zero-order chi connectivity index (χ0) is 38.0. The lowest BCUT2D eigenvalue weighted by Crippen LogP contribution is -2.30. The van der Waals surface area contributed by atoms with Gasteiger partial charge in [0.15, 0.2) is 6.10 Å². The summed E-state index contributed by atoms with van der Waals surface area (Å²) in [5, 5.41) is 0. The van der Waals surface area contributed by atoms with E-state index in [1.54, 1.807) is 0 Å². The molecule has 0 radical (unpaired) electrons. The summed E-state index contributed by atoms with van der Waals surface area (Å²) in [6.45, 7) is 6.57. The van der Waals surface area contributed by atoms with Crippen LogP contribution in [0.1, 0.15) is 258 Å². The molecule has 0 saturated carbocycles. The first-order valence-corrected chi connectivity index (χ1v) is 23.0. The summed E-state index contributed by atoms with van der Waals surface area (Å²) in [7, 11) is 0. The predicted molar refractivity (Wildman–Crippen MR) is 220 cm³/mol. The van der Waals surface area contributed by atoms with Crippen molar-refractivity contribution in [3.05, 3.63) is 0 Å². The van der Waals surface area contributed by atoms with Crippen LogP contribution >= 0.6 is 0 Å². The number of rotatable bonds is 42. The Morgan fingerprint density at radius 3 is 0.769 bits per heavy atom. The second kappa shape index (κ2) is 42.2. The Balaban J connectivity index is 4.10. The number of hydrogen-bond acceptors (Lipinski definition) is 6. The van der Waals surface area contributed by atoms with Gasteiger partial charge in [0, 0.05) is 19.3 Å². The number of unbranched alkanes of at least 4 members (excludes halogenated alkanes) is 31. The molecule has 0 spiro atoms. The fourth-order valence-electron chi connectivity index (χ4n) is 6.85. The third kappa shape index (κ3) is 39.6. The first-order valence-electron chi connectivity index (χ1n) is 23.0. The highest BCUT2D eigenvalue weighted by molar-refractivity contribution is 5.71. The van der Waals surface area contributed by atoms with E-state index in [1.807, 2.05) is 0 Å². The molecule has 0 bridgehead atoms. The van der Waals surface area contributed by atoms with Gasteiger partial charge in [-0.15, -0.1) is 0 Å².